The highest BCUT2D eigenvalue weighted by Crippen LogP contribution is 2.38. The van der Waals surface area contributed by atoms with Gasteiger partial charge in [0.15, 0.2) is 0 Å². The van der Waals surface area contributed by atoms with Crippen molar-refractivity contribution in [3.8, 4) is 0 Å². The Kier molecular flexibility index (Phi) is 1.50. The van der Waals surface area contributed by atoms with Crippen LogP contribution in [0.25, 0.3) is 6.08 Å². The van der Waals surface area contributed by atoms with Gasteiger partial charge in [0, 0.05) is 24.2 Å². The van der Waals surface area contributed by atoms with E-state index in [-0.39, 0.29) is 0 Å². The van der Waals surface area contributed by atoms with Gasteiger partial charge in [-0.3, -0.25) is 15.0 Å². The van der Waals surface area contributed by atoms with Gasteiger partial charge in [0.1, 0.15) is 11.3 Å². The van der Waals surface area contributed by atoms with Crippen molar-refractivity contribution in [2.75, 3.05) is 0 Å². The highest BCUT2D eigenvalue weighted by Gasteiger charge is 2.42. The van der Waals surface area contributed by atoms with E-state index in [9.17, 15) is 0 Å². The van der Waals surface area contributed by atoms with Crippen molar-refractivity contribution in [1.29, 1.82) is 0 Å². The van der Waals surface area contributed by atoms with Gasteiger partial charge in [0.2, 0.25) is 0 Å². The Bertz CT molecular complexity index is 662. The highest BCUT2D eigenvalue weighted by atomic mass is 15.0. The van der Waals surface area contributed by atoms with E-state index in [1.54, 1.807) is 6.20 Å². The van der Waals surface area contributed by atoms with Crippen LogP contribution in [0.4, 0.5) is 0 Å². The fourth-order valence-electron chi connectivity index (χ4n) is 2.53. The molecule has 1 atom stereocenters. The number of pyridine rings is 1. The van der Waals surface area contributed by atoms with Crippen LogP contribution >= 0.6 is 0 Å². The van der Waals surface area contributed by atoms with Crippen LogP contribution in [-0.4, -0.2) is 22.4 Å². The molecule has 17 heavy (non-hydrogen) atoms. The summed E-state index contributed by atoms with van der Waals surface area (Å²) in [5.41, 5.74) is 3.71. The second-order valence-electron chi connectivity index (χ2n) is 4.23. The zero-order chi connectivity index (χ0) is 11.3. The second kappa shape index (κ2) is 2.88. The van der Waals surface area contributed by atoms with E-state index < -0.39 is 5.54 Å². The quantitative estimate of drug-likeness (QED) is 0.659. The van der Waals surface area contributed by atoms with Crippen LogP contribution < -0.4 is 0 Å². The maximum absolute atomic E-state index is 4.58. The molecule has 4 rings (SSSR count). The largest absolute Gasteiger partial charge is 0.271 e. The molecular weight excluding hydrogens is 210 g/mol. The van der Waals surface area contributed by atoms with Crippen LogP contribution in [0.5, 0.6) is 0 Å². The van der Waals surface area contributed by atoms with Gasteiger partial charge in [-0.2, -0.15) is 0 Å². The summed E-state index contributed by atoms with van der Waals surface area (Å²) in [6.07, 6.45) is 13.7. The Morgan fingerprint density at radius 2 is 2.18 bits per heavy atom. The van der Waals surface area contributed by atoms with Crippen molar-refractivity contribution in [3.05, 3.63) is 59.6 Å². The molecule has 3 heteroatoms. The van der Waals surface area contributed by atoms with E-state index >= 15 is 0 Å². The minimum absolute atomic E-state index is 0.421. The molecule has 0 aromatic carbocycles. The highest BCUT2D eigenvalue weighted by molar-refractivity contribution is 6.17. The van der Waals surface area contributed by atoms with Gasteiger partial charge in [-0.05, 0) is 29.9 Å². The lowest BCUT2D eigenvalue weighted by Crippen LogP contribution is -2.39. The Morgan fingerprint density at radius 1 is 1.18 bits per heavy atom. The third kappa shape index (κ3) is 0.984. The summed E-state index contributed by atoms with van der Waals surface area (Å²) >= 11 is 0. The van der Waals surface area contributed by atoms with Crippen LogP contribution in [0.3, 0.4) is 0 Å². The molecule has 0 saturated heterocycles. The maximum Gasteiger partial charge on any atom is 0.148 e. The number of hydrogen-bond donors (Lipinski definition) is 0. The van der Waals surface area contributed by atoms with E-state index in [0.717, 1.165) is 22.5 Å². The number of fused-ring (bicyclic) bond motifs is 2. The Morgan fingerprint density at radius 3 is 3.18 bits per heavy atom. The average Bonchev–Trinajstić information content (AvgIpc) is 2.80. The van der Waals surface area contributed by atoms with Crippen LogP contribution in [0.2, 0.25) is 0 Å². The molecule has 0 radical (unpaired) electrons. The zero-order valence-corrected chi connectivity index (χ0v) is 9.04. The van der Waals surface area contributed by atoms with Gasteiger partial charge in [-0.25, -0.2) is 0 Å². The molecule has 3 heterocycles. The first-order valence-corrected chi connectivity index (χ1v) is 5.56. The van der Waals surface area contributed by atoms with Gasteiger partial charge >= 0.3 is 0 Å². The fraction of sp³-hybridized carbons (Fsp3) is 0.0714. The Hall–Kier alpha value is -2.29. The first kappa shape index (κ1) is 8.82. The summed E-state index contributed by atoms with van der Waals surface area (Å²) in [5.74, 6) is 0. The Balaban J connectivity index is 2.06. The van der Waals surface area contributed by atoms with Crippen molar-refractivity contribution in [1.82, 2.24) is 4.98 Å². The van der Waals surface area contributed by atoms with Crippen molar-refractivity contribution in [3.63, 3.8) is 0 Å². The summed E-state index contributed by atoms with van der Waals surface area (Å²) < 4.78 is 0. The molecule has 1 aromatic heterocycles. The van der Waals surface area contributed by atoms with Gasteiger partial charge in [-0.1, -0.05) is 12.1 Å². The molecule has 0 bridgehead atoms. The first-order valence-electron chi connectivity index (χ1n) is 5.56. The fourth-order valence-corrected chi connectivity index (χ4v) is 2.53. The molecule has 0 N–H and O–H groups in total. The van der Waals surface area contributed by atoms with Crippen LogP contribution in [0, 0.1) is 0 Å². The number of aromatic nitrogens is 1. The van der Waals surface area contributed by atoms with E-state index in [1.165, 1.54) is 0 Å². The number of hydrogen-bond acceptors (Lipinski definition) is 3. The van der Waals surface area contributed by atoms with Crippen molar-refractivity contribution in [2.45, 2.75) is 5.54 Å². The minimum Gasteiger partial charge on any atom is -0.271 e. The molecule has 1 aliphatic carbocycles. The molecular formula is C14H9N3. The molecule has 1 unspecified atom stereocenters. The lowest BCUT2D eigenvalue weighted by molar-refractivity contribution is 0.842. The minimum atomic E-state index is -0.421. The van der Waals surface area contributed by atoms with Crippen LogP contribution in [0.1, 0.15) is 11.3 Å². The molecule has 1 aromatic rings. The predicted octanol–water partition coefficient (Wildman–Crippen LogP) is 2.17. The van der Waals surface area contributed by atoms with E-state index in [2.05, 4.69) is 33.2 Å². The summed E-state index contributed by atoms with van der Waals surface area (Å²) in [4.78, 5) is 13.5. The van der Waals surface area contributed by atoms with Crippen LogP contribution in [0.15, 0.2) is 58.3 Å². The normalized spacial score (nSPS) is 27.1. The maximum atomic E-state index is 4.58. The van der Waals surface area contributed by atoms with E-state index in [4.69, 9.17) is 0 Å². The number of allylic oxidation sites excluding steroid dienone is 1. The topological polar surface area (TPSA) is 37.6 Å². The molecule has 3 nitrogen and oxygen atoms in total. The molecule has 1 spiro atoms. The number of nitrogens with zero attached hydrogens (tertiary/aromatic N) is 3. The van der Waals surface area contributed by atoms with Gasteiger partial charge < -0.3 is 0 Å². The van der Waals surface area contributed by atoms with Crippen molar-refractivity contribution >= 4 is 18.0 Å². The molecule has 0 fully saturated rings. The van der Waals surface area contributed by atoms with Gasteiger partial charge in [0.05, 0.1) is 5.69 Å². The van der Waals surface area contributed by atoms with Crippen molar-refractivity contribution in [2.24, 2.45) is 9.98 Å². The lowest BCUT2D eigenvalue weighted by Gasteiger charge is -2.31. The average molecular weight is 219 g/mol. The predicted molar refractivity (Wildman–Crippen MR) is 68.3 cm³/mol. The van der Waals surface area contributed by atoms with Gasteiger partial charge in [0.25, 0.3) is 0 Å². The molecule has 0 amide bonds. The SMILES string of the molecule is C1=CC2=CC=NC23C=Cc2cccnc2C3=N1. The smallest absolute Gasteiger partial charge is 0.148 e. The molecule has 2 aliphatic heterocycles. The third-order valence-electron chi connectivity index (χ3n) is 3.36. The first-order chi connectivity index (χ1) is 8.40. The monoisotopic (exact) mass is 219 g/mol. The second-order valence-corrected chi connectivity index (χ2v) is 4.23. The standard InChI is InChI=1S/C14H9N3/c1-2-10-3-6-14-11(5-9-17-14)4-8-16-13(14)12(10)15-7-1/h1-9H. The van der Waals surface area contributed by atoms with E-state index in [1.807, 2.05) is 30.6 Å². The molecule has 80 valence electrons. The molecule has 0 saturated carbocycles. The van der Waals surface area contributed by atoms with Crippen LogP contribution in [-0.2, 0) is 0 Å². The lowest BCUT2D eigenvalue weighted by atomic mass is 9.78. The summed E-state index contributed by atoms with van der Waals surface area (Å²) in [5, 5.41) is 0. The zero-order valence-electron chi connectivity index (χ0n) is 9.04. The van der Waals surface area contributed by atoms with Gasteiger partial charge in [-0.15, -0.1) is 0 Å². The summed E-state index contributed by atoms with van der Waals surface area (Å²) in [6, 6.07) is 3.99. The summed E-state index contributed by atoms with van der Waals surface area (Å²) in [6.45, 7) is 0. The van der Waals surface area contributed by atoms with Crippen molar-refractivity contribution < 1.29 is 0 Å². The number of aliphatic imine (C=N–C) groups is 2. The Labute approximate surface area is 98.6 Å². The third-order valence-corrected chi connectivity index (χ3v) is 3.36. The molecule has 3 aliphatic rings. The number of rotatable bonds is 0. The summed E-state index contributed by atoms with van der Waals surface area (Å²) in [7, 11) is 0. The van der Waals surface area contributed by atoms with E-state index in [0.29, 0.717) is 0 Å².